The van der Waals surface area contributed by atoms with E-state index in [0.29, 0.717) is 10.7 Å². The molecule has 0 atom stereocenters. The summed E-state index contributed by atoms with van der Waals surface area (Å²) >= 11 is 0. The van der Waals surface area contributed by atoms with Gasteiger partial charge in [0.25, 0.3) is 5.56 Å². The van der Waals surface area contributed by atoms with Crippen LogP contribution in [0.25, 0.3) is 5.69 Å². The predicted molar refractivity (Wildman–Crippen MR) is 85.6 cm³/mol. The van der Waals surface area contributed by atoms with Gasteiger partial charge in [0.1, 0.15) is 11.3 Å². The smallest absolute Gasteiger partial charge is 0.416 e. The van der Waals surface area contributed by atoms with E-state index in [1.54, 1.807) is 20.8 Å². The molecule has 0 saturated carbocycles. The molecule has 2 rings (SSSR count). The highest BCUT2D eigenvalue weighted by molar-refractivity contribution is 5.99. The molecule has 26 heavy (non-hydrogen) atoms. The topological polar surface area (TPSA) is 89.3 Å². The van der Waals surface area contributed by atoms with Crippen LogP contribution in [0.1, 0.15) is 47.2 Å². The third-order valence-corrected chi connectivity index (χ3v) is 3.47. The number of nitrogens with zero attached hydrogens (tertiary/aromatic N) is 2. The number of carboxylic acid groups (broad SMARTS) is 1. The molecule has 0 unspecified atom stereocenters. The third kappa shape index (κ3) is 3.81. The minimum absolute atomic E-state index is 0.295. The molecule has 0 saturated heterocycles. The van der Waals surface area contributed by atoms with Gasteiger partial charge in [0.05, 0.1) is 11.3 Å². The van der Waals surface area contributed by atoms with Crippen LogP contribution in [0.15, 0.2) is 35.1 Å². The molecular weight excluding hydrogens is 353 g/mol. The molecule has 0 spiro atoms. The van der Waals surface area contributed by atoms with Crippen LogP contribution in [0, 0.1) is 5.41 Å². The zero-order valence-corrected chi connectivity index (χ0v) is 14.1. The number of carbonyl (C=O) groups excluding carboxylic acids is 1. The zero-order valence-electron chi connectivity index (χ0n) is 14.1. The molecule has 0 aliphatic carbocycles. The van der Waals surface area contributed by atoms with Crippen LogP contribution in [0.4, 0.5) is 13.2 Å². The largest absolute Gasteiger partial charge is 0.477 e. The summed E-state index contributed by atoms with van der Waals surface area (Å²) in [5, 5.41) is 13.0. The highest BCUT2D eigenvalue weighted by Crippen LogP contribution is 2.30. The van der Waals surface area contributed by atoms with Crippen LogP contribution in [0.3, 0.4) is 0 Å². The number of aromatic nitrogens is 2. The Morgan fingerprint density at radius 3 is 2.23 bits per heavy atom. The number of aromatic carboxylic acids is 1. The summed E-state index contributed by atoms with van der Waals surface area (Å²) in [7, 11) is 0. The second-order valence-electron chi connectivity index (χ2n) is 6.59. The summed E-state index contributed by atoms with van der Waals surface area (Å²) in [6.45, 7) is 4.70. The number of ketones is 1. The molecule has 2 aromatic rings. The number of Topliss-reactive ketones (excluding diaryl/α,β-unsaturated/α-hetero) is 1. The van der Waals surface area contributed by atoms with E-state index in [9.17, 15) is 32.7 Å². The molecule has 1 N–H and O–H groups in total. The maximum absolute atomic E-state index is 12.9. The van der Waals surface area contributed by atoms with Crippen LogP contribution >= 0.6 is 0 Å². The summed E-state index contributed by atoms with van der Waals surface area (Å²) in [5.41, 5.74) is -4.48. The molecule has 1 aromatic heterocycles. The number of hydrogen-bond donors (Lipinski definition) is 1. The second-order valence-corrected chi connectivity index (χ2v) is 6.59. The molecular formula is C17H15F3N2O4. The lowest BCUT2D eigenvalue weighted by Crippen LogP contribution is -2.32. The van der Waals surface area contributed by atoms with E-state index in [0.717, 1.165) is 18.2 Å². The summed E-state index contributed by atoms with van der Waals surface area (Å²) < 4.78 is 39.2. The highest BCUT2D eigenvalue weighted by atomic mass is 19.4. The van der Waals surface area contributed by atoms with Crippen molar-refractivity contribution in [3.8, 4) is 5.69 Å². The Morgan fingerprint density at radius 1 is 1.12 bits per heavy atom. The van der Waals surface area contributed by atoms with E-state index in [1.807, 2.05) is 0 Å². The first-order valence-corrected chi connectivity index (χ1v) is 7.42. The van der Waals surface area contributed by atoms with Crippen molar-refractivity contribution in [2.45, 2.75) is 26.9 Å². The Hall–Kier alpha value is -2.97. The molecule has 9 heteroatoms. The van der Waals surface area contributed by atoms with Crippen molar-refractivity contribution in [1.82, 2.24) is 9.78 Å². The lowest BCUT2D eigenvalue weighted by molar-refractivity contribution is -0.137. The predicted octanol–water partition coefficient (Wildman–Crippen LogP) is 3.18. The minimum atomic E-state index is -4.66. The van der Waals surface area contributed by atoms with Gasteiger partial charge in [-0.1, -0.05) is 26.8 Å². The van der Waals surface area contributed by atoms with E-state index in [1.165, 1.54) is 6.07 Å². The fraction of sp³-hybridized carbons (Fsp3) is 0.294. The normalized spacial score (nSPS) is 12.1. The highest BCUT2D eigenvalue weighted by Gasteiger charge is 2.31. The third-order valence-electron chi connectivity index (χ3n) is 3.47. The number of carboxylic acids is 1. The molecule has 0 radical (unpaired) electrons. The van der Waals surface area contributed by atoms with E-state index < -0.39 is 40.0 Å². The monoisotopic (exact) mass is 368 g/mol. The van der Waals surface area contributed by atoms with Crippen LogP contribution in [-0.4, -0.2) is 26.6 Å². The van der Waals surface area contributed by atoms with Crippen molar-refractivity contribution in [3.63, 3.8) is 0 Å². The van der Waals surface area contributed by atoms with Crippen LogP contribution in [0.2, 0.25) is 0 Å². The lowest BCUT2D eigenvalue weighted by atomic mass is 9.88. The van der Waals surface area contributed by atoms with Gasteiger partial charge in [0, 0.05) is 5.41 Å². The van der Waals surface area contributed by atoms with Crippen molar-refractivity contribution in [2.75, 3.05) is 0 Å². The number of hydrogen-bond acceptors (Lipinski definition) is 4. The second kappa shape index (κ2) is 6.40. The Labute approximate surface area is 145 Å². The van der Waals surface area contributed by atoms with E-state index >= 15 is 0 Å². The van der Waals surface area contributed by atoms with Crippen LogP contribution in [-0.2, 0) is 6.18 Å². The molecule has 0 fully saturated rings. The molecule has 1 aromatic carbocycles. The number of benzene rings is 1. The Morgan fingerprint density at radius 2 is 1.73 bits per heavy atom. The first-order chi connectivity index (χ1) is 11.8. The van der Waals surface area contributed by atoms with Crippen LogP contribution in [0.5, 0.6) is 0 Å². The summed E-state index contributed by atoms with van der Waals surface area (Å²) in [6, 6.07) is 4.52. The number of halogens is 3. The van der Waals surface area contributed by atoms with Gasteiger partial charge in [-0.15, -0.1) is 0 Å². The maximum Gasteiger partial charge on any atom is 0.416 e. The van der Waals surface area contributed by atoms with Gasteiger partial charge >= 0.3 is 12.1 Å². The number of carbonyl (C=O) groups is 2. The Bertz CT molecular complexity index is 940. The van der Waals surface area contributed by atoms with Crippen molar-refractivity contribution < 1.29 is 27.9 Å². The maximum atomic E-state index is 12.9. The van der Waals surface area contributed by atoms with Gasteiger partial charge in [-0.05, 0) is 24.3 Å². The van der Waals surface area contributed by atoms with E-state index in [-0.39, 0.29) is 11.4 Å². The Kier molecular flexibility index (Phi) is 4.76. The molecule has 0 aliphatic heterocycles. The van der Waals surface area contributed by atoms with Gasteiger partial charge in [0.2, 0.25) is 0 Å². The molecule has 1 heterocycles. The summed E-state index contributed by atoms with van der Waals surface area (Å²) in [4.78, 5) is 36.1. The van der Waals surface area contributed by atoms with Crippen molar-refractivity contribution in [2.24, 2.45) is 5.41 Å². The minimum Gasteiger partial charge on any atom is -0.477 e. The average Bonchev–Trinajstić information content (AvgIpc) is 2.52. The molecule has 6 nitrogen and oxygen atoms in total. The van der Waals surface area contributed by atoms with Crippen molar-refractivity contribution >= 4 is 11.8 Å². The van der Waals surface area contributed by atoms with Gasteiger partial charge in [-0.3, -0.25) is 9.59 Å². The van der Waals surface area contributed by atoms with E-state index in [2.05, 4.69) is 5.10 Å². The van der Waals surface area contributed by atoms with Gasteiger partial charge in [-0.2, -0.15) is 23.0 Å². The fourth-order valence-electron chi connectivity index (χ4n) is 2.13. The Balaban J connectivity index is 2.77. The molecule has 0 aliphatic rings. The molecule has 138 valence electrons. The van der Waals surface area contributed by atoms with E-state index in [4.69, 9.17) is 0 Å². The first-order valence-electron chi connectivity index (χ1n) is 7.42. The summed E-state index contributed by atoms with van der Waals surface area (Å²) in [6.07, 6.45) is -4.66. The quantitative estimate of drug-likeness (QED) is 0.841. The molecule has 0 amide bonds. The molecule has 0 bridgehead atoms. The van der Waals surface area contributed by atoms with Crippen LogP contribution < -0.4 is 5.56 Å². The standard InChI is InChI=1S/C17H15F3N2O4/c1-16(2,3)13(23)12-8-11(15(25)26)14(24)22(21-12)10-6-4-5-9(7-10)17(18,19)20/h4-8H,1-3H3,(H,25,26). The average molecular weight is 368 g/mol. The fourth-order valence-corrected chi connectivity index (χ4v) is 2.13. The SMILES string of the molecule is CC(C)(C)C(=O)c1cc(C(=O)O)c(=O)n(-c2cccc(C(F)(F)F)c2)n1. The zero-order chi connectivity index (χ0) is 19.9. The van der Waals surface area contributed by atoms with Crippen molar-refractivity contribution in [1.29, 1.82) is 0 Å². The van der Waals surface area contributed by atoms with Gasteiger partial charge < -0.3 is 5.11 Å². The van der Waals surface area contributed by atoms with Crippen molar-refractivity contribution in [3.05, 3.63) is 57.5 Å². The lowest BCUT2D eigenvalue weighted by Gasteiger charge is -2.17. The van der Waals surface area contributed by atoms with Gasteiger partial charge in [0.15, 0.2) is 5.78 Å². The number of rotatable bonds is 3. The first kappa shape index (κ1) is 19.4. The summed E-state index contributed by atoms with van der Waals surface area (Å²) in [5.74, 6) is -2.16. The van der Waals surface area contributed by atoms with Gasteiger partial charge in [-0.25, -0.2) is 4.79 Å². The number of alkyl halides is 3.